The van der Waals surface area contributed by atoms with Gasteiger partial charge in [-0.1, -0.05) is 32.8 Å². The van der Waals surface area contributed by atoms with E-state index in [1.807, 2.05) is 23.9 Å². The van der Waals surface area contributed by atoms with Crippen LogP contribution in [0.25, 0.3) is 0 Å². The average Bonchev–Trinajstić information content (AvgIpc) is 2.75. The van der Waals surface area contributed by atoms with E-state index in [2.05, 4.69) is 49.7 Å². The first-order valence-corrected chi connectivity index (χ1v) is 11.5. The third-order valence-corrected chi connectivity index (χ3v) is 7.18. The molecule has 1 aliphatic rings. The summed E-state index contributed by atoms with van der Waals surface area (Å²) in [5, 5.41) is 8.80. The first-order valence-electron chi connectivity index (χ1n) is 10.5. The molecule has 1 aromatic carbocycles. The minimum absolute atomic E-state index is 0.121. The molecule has 0 fully saturated rings. The largest absolute Gasteiger partial charge is 0.481 e. The van der Waals surface area contributed by atoms with E-state index in [0.717, 1.165) is 36.1 Å². The number of hydrogen-bond acceptors (Lipinski definition) is 3. The quantitative estimate of drug-likeness (QED) is 0.632. The zero-order valence-corrected chi connectivity index (χ0v) is 18.4. The number of rotatable bonds is 6. The van der Waals surface area contributed by atoms with Crippen molar-refractivity contribution in [2.45, 2.75) is 69.6 Å². The zero-order valence-electron chi connectivity index (χ0n) is 17.5. The standard InChI is InChI=1S/C25H29NO2S/c1-4-19-16-23-22(25(5-2,6-3)13-14-29-23)15-20(19)9-11-21-10-7-18(17-26-21)8-12-24(27)28/h7,10,15-17H,4-6,8,12-14H2,1-3H3,(H,27,28). The maximum atomic E-state index is 10.7. The SMILES string of the molecule is CCc1cc2c(cc1C#Cc1ccc(CCC(=O)O)cn1)C(CC)(CC)CCS2. The Labute approximate surface area is 178 Å². The Balaban J connectivity index is 1.91. The highest BCUT2D eigenvalue weighted by atomic mass is 32.2. The molecule has 0 aliphatic carbocycles. The number of pyridine rings is 1. The van der Waals surface area contributed by atoms with Crippen molar-refractivity contribution < 1.29 is 9.90 Å². The van der Waals surface area contributed by atoms with Crippen LogP contribution in [0.5, 0.6) is 0 Å². The van der Waals surface area contributed by atoms with Crippen molar-refractivity contribution in [1.82, 2.24) is 4.98 Å². The van der Waals surface area contributed by atoms with Gasteiger partial charge < -0.3 is 5.11 Å². The molecule has 3 nitrogen and oxygen atoms in total. The molecule has 3 rings (SSSR count). The fourth-order valence-electron chi connectivity index (χ4n) is 4.07. The lowest BCUT2D eigenvalue weighted by Gasteiger charge is -2.38. The average molecular weight is 408 g/mol. The van der Waals surface area contributed by atoms with Crippen LogP contribution in [0.4, 0.5) is 0 Å². The van der Waals surface area contributed by atoms with Crippen molar-refractivity contribution in [2.24, 2.45) is 0 Å². The summed E-state index contributed by atoms with van der Waals surface area (Å²) in [6, 6.07) is 8.49. The predicted octanol–water partition coefficient (Wildman–Crippen LogP) is 5.61. The molecule has 0 bridgehead atoms. The number of thioether (sulfide) groups is 1. The van der Waals surface area contributed by atoms with Crippen molar-refractivity contribution in [3.63, 3.8) is 0 Å². The smallest absolute Gasteiger partial charge is 0.303 e. The summed E-state index contributed by atoms with van der Waals surface area (Å²) in [7, 11) is 0. The van der Waals surface area contributed by atoms with Gasteiger partial charge in [-0.2, -0.15) is 0 Å². The molecule has 0 spiro atoms. The first-order chi connectivity index (χ1) is 14.0. The van der Waals surface area contributed by atoms with Gasteiger partial charge in [0.05, 0.1) is 0 Å². The van der Waals surface area contributed by atoms with Crippen molar-refractivity contribution in [2.75, 3.05) is 5.75 Å². The fourth-order valence-corrected chi connectivity index (χ4v) is 5.44. The number of benzene rings is 1. The van der Waals surface area contributed by atoms with Crippen molar-refractivity contribution >= 4 is 17.7 Å². The Morgan fingerprint density at radius 1 is 1.21 bits per heavy atom. The Bertz CT molecular complexity index is 934. The summed E-state index contributed by atoms with van der Waals surface area (Å²) >= 11 is 1.98. The van der Waals surface area contributed by atoms with E-state index in [0.29, 0.717) is 6.42 Å². The Morgan fingerprint density at radius 2 is 2.00 bits per heavy atom. The van der Waals surface area contributed by atoms with Gasteiger partial charge in [0.2, 0.25) is 0 Å². The molecule has 4 heteroatoms. The van der Waals surface area contributed by atoms with Crippen LogP contribution < -0.4 is 0 Å². The topological polar surface area (TPSA) is 50.2 Å². The lowest BCUT2D eigenvalue weighted by Crippen LogP contribution is -2.29. The van der Waals surface area contributed by atoms with Gasteiger partial charge in [0.15, 0.2) is 0 Å². The highest BCUT2D eigenvalue weighted by Crippen LogP contribution is 2.46. The number of aryl methyl sites for hydroxylation is 2. The summed E-state index contributed by atoms with van der Waals surface area (Å²) < 4.78 is 0. The molecule has 0 unspecified atom stereocenters. The highest BCUT2D eigenvalue weighted by Gasteiger charge is 2.34. The maximum absolute atomic E-state index is 10.7. The zero-order chi connectivity index (χ0) is 20.9. The van der Waals surface area contributed by atoms with E-state index < -0.39 is 5.97 Å². The third kappa shape index (κ3) is 4.85. The van der Waals surface area contributed by atoms with E-state index in [1.165, 1.54) is 28.2 Å². The Kier molecular flexibility index (Phi) is 7.03. The molecule has 152 valence electrons. The molecule has 0 amide bonds. The van der Waals surface area contributed by atoms with Crippen LogP contribution in [0.15, 0.2) is 35.4 Å². The predicted molar refractivity (Wildman–Crippen MR) is 120 cm³/mol. The van der Waals surface area contributed by atoms with E-state index in [4.69, 9.17) is 5.11 Å². The van der Waals surface area contributed by atoms with Gasteiger partial charge in [-0.25, -0.2) is 4.98 Å². The first kappa shape index (κ1) is 21.5. The van der Waals surface area contributed by atoms with E-state index in [-0.39, 0.29) is 11.8 Å². The summed E-state index contributed by atoms with van der Waals surface area (Å²) in [5.74, 6) is 6.99. The van der Waals surface area contributed by atoms with Gasteiger partial charge in [0, 0.05) is 23.1 Å². The van der Waals surface area contributed by atoms with Crippen LogP contribution in [-0.2, 0) is 23.1 Å². The van der Waals surface area contributed by atoms with Crippen LogP contribution in [0.2, 0.25) is 0 Å². The molecule has 1 N–H and O–H groups in total. The van der Waals surface area contributed by atoms with Gasteiger partial charge in [0.25, 0.3) is 0 Å². The molecule has 0 saturated carbocycles. The van der Waals surface area contributed by atoms with Crippen molar-refractivity contribution in [1.29, 1.82) is 0 Å². The molecule has 0 saturated heterocycles. The molecular weight excluding hydrogens is 378 g/mol. The van der Waals surface area contributed by atoms with E-state index in [9.17, 15) is 4.79 Å². The Morgan fingerprint density at radius 3 is 2.62 bits per heavy atom. The number of carboxylic acids is 1. The van der Waals surface area contributed by atoms with Gasteiger partial charge >= 0.3 is 5.97 Å². The van der Waals surface area contributed by atoms with Gasteiger partial charge in [-0.05, 0) is 84.1 Å². The molecular formula is C25H29NO2S. The lowest BCUT2D eigenvalue weighted by atomic mass is 9.72. The summed E-state index contributed by atoms with van der Waals surface area (Å²) in [6.45, 7) is 6.79. The van der Waals surface area contributed by atoms with Crippen LogP contribution in [0.3, 0.4) is 0 Å². The summed E-state index contributed by atoms with van der Waals surface area (Å²) in [4.78, 5) is 16.5. The molecule has 2 aromatic rings. The second-order valence-corrected chi connectivity index (χ2v) is 8.78. The van der Waals surface area contributed by atoms with Crippen LogP contribution in [0.1, 0.15) is 74.4 Å². The molecule has 1 aromatic heterocycles. The second-order valence-electron chi connectivity index (χ2n) is 7.64. The summed E-state index contributed by atoms with van der Waals surface area (Å²) in [6.07, 6.45) is 6.87. The van der Waals surface area contributed by atoms with E-state index >= 15 is 0 Å². The van der Waals surface area contributed by atoms with Gasteiger partial charge in [-0.3, -0.25) is 4.79 Å². The molecule has 2 heterocycles. The Hall–Kier alpha value is -2.25. The second kappa shape index (κ2) is 9.50. The normalized spacial score (nSPS) is 14.6. The van der Waals surface area contributed by atoms with Gasteiger partial charge in [0.1, 0.15) is 5.69 Å². The van der Waals surface area contributed by atoms with Crippen molar-refractivity contribution in [3.8, 4) is 11.8 Å². The van der Waals surface area contributed by atoms with Crippen LogP contribution in [0, 0.1) is 11.8 Å². The maximum Gasteiger partial charge on any atom is 0.303 e. The number of hydrogen-bond donors (Lipinski definition) is 1. The monoisotopic (exact) mass is 407 g/mol. The van der Waals surface area contributed by atoms with Crippen molar-refractivity contribution in [3.05, 3.63) is 58.4 Å². The number of aromatic nitrogens is 1. The molecule has 0 radical (unpaired) electrons. The molecule has 29 heavy (non-hydrogen) atoms. The molecule has 1 aliphatic heterocycles. The van der Waals surface area contributed by atoms with Gasteiger partial charge in [-0.15, -0.1) is 11.8 Å². The summed E-state index contributed by atoms with van der Waals surface area (Å²) in [5.41, 5.74) is 5.79. The van der Waals surface area contributed by atoms with E-state index in [1.54, 1.807) is 6.20 Å². The number of carbonyl (C=O) groups is 1. The minimum atomic E-state index is -0.790. The third-order valence-electron chi connectivity index (χ3n) is 6.13. The fraction of sp³-hybridized carbons (Fsp3) is 0.440. The number of nitrogens with zero attached hydrogens (tertiary/aromatic N) is 1. The molecule has 0 atom stereocenters. The number of aliphatic carboxylic acids is 1. The number of fused-ring (bicyclic) bond motifs is 1. The lowest BCUT2D eigenvalue weighted by molar-refractivity contribution is -0.136. The number of carboxylic acid groups (broad SMARTS) is 1. The van der Waals surface area contributed by atoms with Crippen LogP contribution >= 0.6 is 11.8 Å². The minimum Gasteiger partial charge on any atom is -0.481 e. The highest BCUT2D eigenvalue weighted by molar-refractivity contribution is 7.99. The van der Waals surface area contributed by atoms with Crippen LogP contribution in [-0.4, -0.2) is 21.8 Å².